The number of hydrogen-bond acceptors (Lipinski definition) is 6. The zero-order valence-electron chi connectivity index (χ0n) is 20.6. The van der Waals surface area contributed by atoms with Crippen LogP contribution in [0.2, 0.25) is 0 Å². The number of ether oxygens (including phenoxy) is 3. The van der Waals surface area contributed by atoms with E-state index in [2.05, 4.69) is 5.32 Å². The van der Waals surface area contributed by atoms with E-state index in [1.807, 2.05) is 35.2 Å². The van der Waals surface area contributed by atoms with Crippen molar-refractivity contribution >= 4 is 17.8 Å². The van der Waals surface area contributed by atoms with Crippen LogP contribution in [-0.4, -0.2) is 57.1 Å². The number of likely N-dealkylation sites (tertiary alicyclic amines) is 1. The van der Waals surface area contributed by atoms with Gasteiger partial charge in [-0.1, -0.05) is 36.4 Å². The third kappa shape index (κ3) is 7.21. The first kappa shape index (κ1) is 26.1. The summed E-state index contributed by atoms with van der Waals surface area (Å²) in [5, 5.41) is 3.01. The molecule has 2 aromatic carbocycles. The minimum absolute atomic E-state index is 0.00542. The number of benzene rings is 2. The summed E-state index contributed by atoms with van der Waals surface area (Å²) in [6.07, 6.45) is 2.33. The number of rotatable bonds is 10. The van der Waals surface area contributed by atoms with Crippen LogP contribution < -0.4 is 14.8 Å². The first-order chi connectivity index (χ1) is 16.9. The molecule has 188 valence electrons. The van der Waals surface area contributed by atoms with Crippen LogP contribution in [-0.2, 0) is 25.5 Å². The monoisotopic (exact) mass is 482 g/mol. The minimum Gasteiger partial charge on any atom is -0.493 e. The number of carbonyl (C=O) groups excluding carboxylic acids is 3. The Hall–Kier alpha value is -3.55. The second-order valence-corrected chi connectivity index (χ2v) is 8.60. The Kier molecular flexibility index (Phi) is 9.52. The van der Waals surface area contributed by atoms with Crippen molar-refractivity contribution < 1.29 is 28.6 Å². The third-order valence-corrected chi connectivity index (χ3v) is 6.41. The van der Waals surface area contributed by atoms with Crippen LogP contribution >= 0.6 is 0 Å². The number of piperidine rings is 1. The summed E-state index contributed by atoms with van der Waals surface area (Å²) in [5.41, 5.74) is 1.86. The smallest absolute Gasteiger partial charge is 0.307 e. The lowest BCUT2D eigenvalue weighted by Crippen LogP contribution is -2.44. The fraction of sp³-hybridized carbons (Fsp3) is 0.444. The van der Waals surface area contributed by atoms with E-state index < -0.39 is 12.0 Å². The minimum atomic E-state index is -0.569. The van der Waals surface area contributed by atoms with Crippen molar-refractivity contribution in [1.29, 1.82) is 0 Å². The molecule has 3 rings (SSSR count). The summed E-state index contributed by atoms with van der Waals surface area (Å²) >= 11 is 0. The van der Waals surface area contributed by atoms with Gasteiger partial charge in [0, 0.05) is 25.4 Å². The Bertz CT molecular complexity index is 1000. The molecule has 0 aliphatic carbocycles. The molecule has 1 unspecified atom stereocenters. The molecule has 2 aromatic rings. The Labute approximate surface area is 206 Å². The van der Waals surface area contributed by atoms with Gasteiger partial charge < -0.3 is 24.4 Å². The van der Waals surface area contributed by atoms with Crippen molar-refractivity contribution in [2.75, 3.05) is 34.4 Å². The maximum Gasteiger partial charge on any atom is 0.307 e. The van der Waals surface area contributed by atoms with Gasteiger partial charge in [-0.05, 0) is 42.5 Å². The highest BCUT2D eigenvalue weighted by molar-refractivity contribution is 5.81. The van der Waals surface area contributed by atoms with Crippen LogP contribution in [0, 0.1) is 5.92 Å². The third-order valence-electron chi connectivity index (χ3n) is 6.41. The van der Waals surface area contributed by atoms with E-state index in [1.54, 1.807) is 25.3 Å². The second kappa shape index (κ2) is 12.8. The zero-order chi connectivity index (χ0) is 25.2. The SMILES string of the molecule is COC(=O)CC(NC(=O)C1CCN(C(=O)CCc2ccccc2)CC1)c1ccc(OC)c(OC)c1. The van der Waals surface area contributed by atoms with Crippen molar-refractivity contribution in [3.05, 3.63) is 59.7 Å². The van der Waals surface area contributed by atoms with Gasteiger partial charge in [0.1, 0.15) is 0 Å². The van der Waals surface area contributed by atoms with Gasteiger partial charge >= 0.3 is 5.97 Å². The number of amides is 2. The van der Waals surface area contributed by atoms with Gasteiger partial charge in [-0.15, -0.1) is 0 Å². The highest BCUT2D eigenvalue weighted by atomic mass is 16.5. The van der Waals surface area contributed by atoms with E-state index in [0.717, 1.165) is 11.1 Å². The molecular formula is C27H34N2O6. The summed E-state index contributed by atoms with van der Waals surface area (Å²) in [6.45, 7) is 1.09. The molecule has 8 heteroatoms. The molecule has 0 spiro atoms. The highest BCUT2D eigenvalue weighted by Gasteiger charge is 2.29. The van der Waals surface area contributed by atoms with Crippen molar-refractivity contribution in [3.8, 4) is 11.5 Å². The second-order valence-electron chi connectivity index (χ2n) is 8.60. The van der Waals surface area contributed by atoms with Crippen LogP contribution in [0.4, 0.5) is 0 Å². The molecule has 1 fully saturated rings. The van der Waals surface area contributed by atoms with Crippen LogP contribution in [0.3, 0.4) is 0 Å². The summed E-state index contributed by atoms with van der Waals surface area (Å²) in [4.78, 5) is 39.6. The first-order valence-corrected chi connectivity index (χ1v) is 11.9. The van der Waals surface area contributed by atoms with Gasteiger partial charge in [-0.25, -0.2) is 0 Å². The lowest BCUT2D eigenvalue weighted by Gasteiger charge is -2.32. The molecule has 2 amide bonds. The number of hydrogen-bond donors (Lipinski definition) is 1. The fourth-order valence-corrected chi connectivity index (χ4v) is 4.31. The number of methoxy groups -OCH3 is 3. The molecule has 0 bridgehead atoms. The number of nitrogens with zero attached hydrogens (tertiary/aromatic N) is 1. The summed E-state index contributed by atoms with van der Waals surface area (Å²) < 4.78 is 15.5. The van der Waals surface area contributed by atoms with Gasteiger partial charge in [0.2, 0.25) is 11.8 Å². The average Bonchev–Trinajstić information content (AvgIpc) is 2.91. The first-order valence-electron chi connectivity index (χ1n) is 11.9. The topological polar surface area (TPSA) is 94.2 Å². The predicted molar refractivity (Wildman–Crippen MR) is 131 cm³/mol. The van der Waals surface area contributed by atoms with Gasteiger partial charge in [0.15, 0.2) is 11.5 Å². The molecular weight excluding hydrogens is 448 g/mol. The van der Waals surface area contributed by atoms with E-state index in [-0.39, 0.29) is 24.2 Å². The van der Waals surface area contributed by atoms with E-state index in [9.17, 15) is 14.4 Å². The van der Waals surface area contributed by atoms with E-state index in [1.165, 1.54) is 14.2 Å². The van der Waals surface area contributed by atoms with Crippen molar-refractivity contribution in [2.24, 2.45) is 5.92 Å². The zero-order valence-corrected chi connectivity index (χ0v) is 20.6. The summed E-state index contributed by atoms with van der Waals surface area (Å²) in [6, 6.07) is 14.7. The van der Waals surface area contributed by atoms with Crippen molar-refractivity contribution in [1.82, 2.24) is 10.2 Å². The predicted octanol–water partition coefficient (Wildman–Crippen LogP) is 3.30. The molecule has 1 N–H and O–H groups in total. The highest BCUT2D eigenvalue weighted by Crippen LogP contribution is 2.31. The molecule has 8 nitrogen and oxygen atoms in total. The number of esters is 1. The average molecular weight is 483 g/mol. The van der Waals surface area contributed by atoms with Crippen LogP contribution in [0.1, 0.15) is 42.9 Å². The Morgan fingerprint density at radius 1 is 0.971 bits per heavy atom. The standard InChI is InChI=1S/C27H34N2O6/c1-33-23-11-10-21(17-24(23)34-2)22(18-26(31)35-3)28-27(32)20-13-15-29(16-14-20)25(30)12-9-19-7-5-4-6-8-19/h4-8,10-11,17,20,22H,9,12-16,18H2,1-3H3,(H,28,32). The van der Waals surface area contributed by atoms with Gasteiger partial charge in [0.05, 0.1) is 33.8 Å². The largest absolute Gasteiger partial charge is 0.493 e. The molecule has 0 aromatic heterocycles. The van der Waals surface area contributed by atoms with Crippen molar-refractivity contribution in [3.63, 3.8) is 0 Å². The maximum atomic E-state index is 13.1. The lowest BCUT2D eigenvalue weighted by molar-refractivity contribution is -0.142. The van der Waals surface area contributed by atoms with Gasteiger partial charge in [0.25, 0.3) is 0 Å². The van der Waals surface area contributed by atoms with E-state index >= 15 is 0 Å². The molecule has 1 saturated heterocycles. The maximum absolute atomic E-state index is 13.1. The van der Waals surface area contributed by atoms with Crippen LogP contribution in [0.25, 0.3) is 0 Å². The molecule has 0 radical (unpaired) electrons. The number of carbonyl (C=O) groups is 3. The normalized spacial score (nSPS) is 14.7. The number of nitrogens with one attached hydrogen (secondary N) is 1. The number of aryl methyl sites for hydroxylation is 1. The molecule has 0 saturated carbocycles. The van der Waals surface area contributed by atoms with Gasteiger partial charge in [-0.3, -0.25) is 14.4 Å². The van der Waals surface area contributed by atoms with Crippen LogP contribution in [0.15, 0.2) is 48.5 Å². The Morgan fingerprint density at radius 2 is 1.66 bits per heavy atom. The quantitative estimate of drug-likeness (QED) is 0.523. The van der Waals surface area contributed by atoms with Crippen LogP contribution in [0.5, 0.6) is 11.5 Å². The molecule has 1 heterocycles. The summed E-state index contributed by atoms with van der Waals surface area (Å²) in [7, 11) is 4.40. The fourth-order valence-electron chi connectivity index (χ4n) is 4.31. The molecule has 1 atom stereocenters. The lowest BCUT2D eigenvalue weighted by atomic mass is 9.94. The van der Waals surface area contributed by atoms with Crippen molar-refractivity contribution in [2.45, 2.75) is 38.1 Å². The van der Waals surface area contributed by atoms with E-state index in [4.69, 9.17) is 14.2 Å². The van der Waals surface area contributed by atoms with E-state index in [0.29, 0.717) is 50.3 Å². The Balaban J connectivity index is 1.58. The molecule has 35 heavy (non-hydrogen) atoms. The van der Waals surface area contributed by atoms with Gasteiger partial charge in [-0.2, -0.15) is 0 Å². The summed E-state index contributed by atoms with van der Waals surface area (Å²) in [5.74, 6) is 0.393. The molecule has 1 aliphatic heterocycles. The Morgan fingerprint density at radius 3 is 2.29 bits per heavy atom. The molecule has 1 aliphatic rings.